The first-order valence-electron chi connectivity index (χ1n) is 9.67. The van der Waals surface area contributed by atoms with Gasteiger partial charge in [-0.05, 0) is 42.0 Å². The summed E-state index contributed by atoms with van der Waals surface area (Å²) in [5, 5.41) is 5.85. The highest BCUT2D eigenvalue weighted by Gasteiger charge is 2.48. The first-order valence-corrected chi connectivity index (χ1v) is 9.67. The molecular weight excluding hydrogens is 396 g/mol. The Morgan fingerprint density at radius 2 is 2.03 bits per heavy atom. The van der Waals surface area contributed by atoms with Crippen molar-refractivity contribution in [3.05, 3.63) is 65.4 Å². The van der Waals surface area contributed by atoms with Crippen molar-refractivity contribution in [1.29, 1.82) is 0 Å². The molecule has 0 spiro atoms. The summed E-state index contributed by atoms with van der Waals surface area (Å²) in [4.78, 5) is 42.2. The Morgan fingerprint density at radius 3 is 2.81 bits per heavy atom. The molecule has 0 unspecified atom stereocenters. The molecule has 5 rings (SSSR count). The monoisotopic (exact) mass is 416 g/mol. The summed E-state index contributed by atoms with van der Waals surface area (Å²) in [5.41, 5.74) is 1.48. The van der Waals surface area contributed by atoms with Crippen LogP contribution < -0.4 is 15.4 Å². The number of hydrogen-bond donors (Lipinski definition) is 3. The second-order valence-corrected chi connectivity index (χ2v) is 7.53. The van der Waals surface area contributed by atoms with Gasteiger partial charge in [-0.1, -0.05) is 17.9 Å². The van der Waals surface area contributed by atoms with E-state index in [2.05, 4.69) is 27.5 Å². The molecule has 1 atom stereocenters. The van der Waals surface area contributed by atoms with Gasteiger partial charge in [-0.3, -0.25) is 14.9 Å². The molecule has 0 bridgehead atoms. The maximum absolute atomic E-state index is 12.9. The molecule has 0 aliphatic carbocycles. The van der Waals surface area contributed by atoms with E-state index in [1.165, 1.54) is 12.0 Å². The first-order chi connectivity index (χ1) is 15.0. The summed E-state index contributed by atoms with van der Waals surface area (Å²) < 4.78 is 5.20. The molecule has 1 fully saturated rings. The summed E-state index contributed by atoms with van der Waals surface area (Å²) in [7, 11) is 1.53. The van der Waals surface area contributed by atoms with Gasteiger partial charge in [-0.25, -0.2) is 4.79 Å². The maximum Gasteiger partial charge on any atom is 0.323 e. The number of rotatable bonds is 3. The highest BCUT2D eigenvalue weighted by atomic mass is 16.5. The number of urea groups is 1. The molecular formula is C23H20N4O4. The van der Waals surface area contributed by atoms with Crippen LogP contribution in [0, 0.1) is 11.8 Å². The van der Waals surface area contributed by atoms with E-state index in [0.29, 0.717) is 23.4 Å². The fourth-order valence-corrected chi connectivity index (χ4v) is 3.92. The number of H-pyrrole nitrogens is 1. The van der Waals surface area contributed by atoms with Crippen molar-refractivity contribution in [2.24, 2.45) is 0 Å². The largest absolute Gasteiger partial charge is 0.497 e. The molecule has 8 nitrogen and oxygen atoms in total. The molecule has 0 radical (unpaired) electrons. The molecule has 0 saturated carbocycles. The zero-order valence-corrected chi connectivity index (χ0v) is 16.6. The highest BCUT2D eigenvalue weighted by Crippen LogP contribution is 2.28. The number of ether oxygens (including phenoxy) is 1. The van der Waals surface area contributed by atoms with Crippen molar-refractivity contribution < 1.29 is 20.5 Å². The van der Waals surface area contributed by atoms with Gasteiger partial charge in [0.15, 0.2) is 0 Å². The van der Waals surface area contributed by atoms with Crippen molar-refractivity contribution in [2.75, 3.05) is 13.7 Å². The van der Waals surface area contributed by atoms with E-state index >= 15 is 0 Å². The number of aromatic amines is 1. The lowest BCUT2D eigenvalue weighted by Gasteiger charge is -2.26. The minimum atomic E-state index is -1.54. The molecule has 2 aromatic carbocycles. The normalized spacial score (nSPS) is 19.6. The van der Waals surface area contributed by atoms with Gasteiger partial charge in [0.05, 0.1) is 13.7 Å². The average molecular weight is 416 g/mol. The molecule has 2 aliphatic rings. The fourth-order valence-electron chi connectivity index (χ4n) is 3.92. The Hall–Kier alpha value is -4.25. The summed E-state index contributed by atoms with van der Waals surface area (Å²) >= 11 is 0. The topological polar surface area (TPSA) is 104 Å². The minimum Gasteiger partial charge on any atom is -0.497 e. The van der Waals surface area contributed by atoms with Crippen molar-refractivity contribution in [2.45, 2.75) is 12.1 Å². The van der Waals surface area contributed by atoms with Crippen LogP contribution in [0.1, 0.15) is 22.9 Å². The third-order valence-corrected chi connectivity index (χ3v) is 5.54. The number of fused-ring (bicyclic) bond motifs is 2. The van der Waals surface area contributed by atoms with Gasteiger partial charge in [0.1, 0.15) is 5.75 Å². The zero-order chi connectivity index (χ0) is 21.6. The lowest BCUT2D eigenvalue weighted by Crippen LogP contribution is -2.54. The summed E-state index contributed by atoms with van der Waals surface area (Å²) in [6, 6.07) is 12.2. The quantitative estimate of drug-likeness (QED) is 0.449. The smallest absolute Gasteiger partial charge is 0.323 e. The van der Waals surface area contributed by atoms with Gasteiger partial charge in [0.25, 0.3) is 11.8 Å². The molecule has 2 aliphatic heterocycles. The second-order valence-electron chi connectivity index (χ2n) is 7.53. The van der Waals surface area contributed by atoms with Crippen molar-refractivity contribution in [3.63, 3.8) is 0 Å². The van der Waals surface area contributed by atoms with E-state index < -0.39 is 17.5 Å². The van der Waals surface area contributed by atoms with Crippen LogP contribution in [0.25, 0.3) is 10.9 Å². The van der Waals surface area contributed by atoms with Gasteiger partial charge in [0.2, 0.25) is 5.54 Å². The number of hydrogen-bond acceptors (Lipinski definition) is 4. The molecule has 1 saturated heterocycles. The molecule has 8 heteroatoms. The van der Waals surface area contributed by atoms with Crippen molar-refractivity contribution in [1.82, 2.24) is 20.5 Å². The maximum atomic E-state index is 12.9. The number of methoxy groups -OCH3 is 1. The van der Waals surface area contributed by atoms with E-state index in [9.17, 15) is 14.4 Å². The lowest BCUT2D eigenvalue weighted by molar-refractivity contribution is -0.122. The van der Waals surface area contributed by atoms with Crippen LogP contribution >= 0.6 is 0 Å². The SMILES string of the molecule is COc1ccc2c(c1)C(=O)N(C[C@@]1(C#Cc3ccc4[nH]ccc4c3)NC(=O)NC1=O)C2.[HH]. The molecule has 3 N–H and O–H groups in total. The Labute approximate surface area is 179 Å². The van der Waals surface area contributed by atoms with Crippen LogP contribution in [0.2, 0.25) is 0 Å². The van der Waals surface area contributed by atoms with Crippen LogP contribution in [0.4, 0.5) is 4.79 Å². The van der Waals surface area contributed by atoms with E-state index in [4.69, 9.17) is 4.74 Å². The van der Waals surface area contributed by atoms with E-state index in [1.807, 2.05) is 36.5 Å². The molecule has 31 heavy (non-hydrogen) atoms. The number of nitrogens with one attached hydrogen (secondary N) is 3. The average Bonchev–Trinajstić information content (AvgIpc) is 3.43. The molecule has 156 valence electrons. The predicted octanol–water partition coefficient (Wildman–Crippen LogP) is 2.01. The van der Waals surface area contributed by atoms with Crippen LogP contribution in [0.3, 0.4) is 0 Å². The van der Waals surface area contributed by atoms with E-state index in [1.54, 1.807) is 12.1 Å². The number of imide groups is 1. The summed E-state index contributed by atoms with van der Waals surface area (Å²) in [6.07, 6.45) is 1.83. The van der Waals surface area contributed by atoms with Gasteiger partial charge >= 0.3 is 6.03 Å². The summed E-state index contributed by atoms with van der Waals surface area (Å²) in [5.74, 6) is 5.68. The summed E-state index contributed by atoms with van der Waals surface area (Å²) in [6.45, 7) is 0.250. The van der Waals surface area contributed by atoms with Crippen LogP contribution in [-0.4, -0.2) is 46.9 Å². The molecule has 1 aromatic heterocycles. The standard InChI is InChI=1S/C23H18N4O4.H2/c1-31-17-4-3-16-12-27(20(28)18(16)11-17)13-23(21(29)25-22(30)26-23)8-6-14-2-5-19-15(10-14)7-9-24-19;/h2-5,7,9-11,24H,12-13H2,1H3,(H2,25,26,29,30);1H/t23-;/m1./s1. The third kappa shape index (κ3) is 3.16. The molecule has 3 aromatic rings. The van der Waals surface area contributed by atoms with Crippen molar-refractivity contribution >= 4 is 28.7 Å². The van der Waals surface area contributed by atoms with Crippen molar-refractivity contribution in [3.8, 4) is 17.6 Å². The van der Waals surface area contributed by atoms with E-state index in [0.717, 1.165) is 16.5 Å². The Bertz CT molecular complexity index is 1320. The Morgan fingerprint density at radius 1 is 1.16 bits per heavy atom. The Balaban J connectivity index is 0.00000245. The third-order valence-electron chi connectivity index (χ3n) is 5.54. The van der Waals surface area contributed by atoms with Gasteiger partial charge in [0, 0.05) is 36.2 Å². The highest BCUT2D eigenvalue weighted by molar-refractivity contribution is 6.10. The number of amides is 4. The van der Waals surface area contributed by atoms with Gasteiger partial charge < -0.3 is 19.9 Å². The van der Waals surface area contributed by atoms with Crippen LogP contribution in [0.15, 0.2) is 48.7 Å². The number of carbonyl (C=O) groups is 3. The number of nitrogens with zero attached hydrogens (tertiary/aromatic N) is 1. The first kappa shape index (κ1) is 18.8. The zero-order valence-electron chi connectivity index (χ0n) is 16.6. The second kappa shape index (κ2) is 6.92. The lowest BCUT2D eigenvalue weighted by atomic mass is 9.99. The number of aromatic nitrogens is 1. The molecule has 4 amide bonds. The fraction of sp³-hybridized carbons (Fsp3) is 0.174. The van der Waals surface area contributed by atoms with Crippen LogP contribution in [0.5, 0.6) is 5.75 Å². The van der Waals surface area contributed by atoms with E-state index in [-0.39, 0.29) is 13.9 Å². The van der Waals surface area contributed by atoms with Gasteiger partial charge in [-0.15, -0.1) is 0 Å². The predicted molar refractivity (Wildman–Crippen MR) is 114 cm³/mol. The van der Waals surface area contributed by atoms with Gasteiger partial charge in [-0.2, -0.15) is 0 Å². The Kier molecular flexibility index (Phi) is 4.19. The minimum absolute atomic E-state index is 0. The molecule has 3 heterocycles. The number of benzene rings is 2. The van der Waals surface area contributed by atoms with Crippen LogP contribution in [-0.2, 0) is 11.3 Å². The number of carbonyl (C=O) groups excluding carboxylic acids is 3.